The van der Waals surface area contributed by atoms with Crippen LogP contribution in [0.1, 0.15) is 49.0 Å². The van der Waals surface area contributed by atoms with Crippen LogP contribution < -0.4 is 10.3 Å². The number of hydrogen-bond acceptors (Lipinski definition) is 4. The summed E-state index contributed by atoms with van der Waals surface area (Å²) in [6.07, 6.45) is 5.61. The summed E-state index contributed by atoms with van der Waals surface area (Å²) >= 11 is 0. The fourth-order valence-electron chi connectivity index (χ4n) is 5.11. The van der Waals surface area contributed by atoms with E-state index >= 15 is 4.39 Å². The highest BCUT2D eigenvalue weighted by molar-refractivity contribution is 5.93. The van der Waals surface area contributed by atoms with Gasteiger partial charge < -0.3 is 14.6 Å². The fraction of sp³-hybridized carbons (Fsp3) is 0.524. The summed E-state index contributed by atoms with van der Waals surface area (Å²) in [6, 6.07) is 4.08. The molecule has 3 heterocycles. The molecule has 1 aliphatic carbocycles. The Balaban J connectivity index is 1.63. The van der Waals surface area contributed by atoms with E-state index in [9.17, 15) is 14.7 Å². The van der Waals surface area contributed by atoms with Crippen molar-refractivity contribution in [1.29, 1.82) is 0 Å². The molecule has 1 aromatic carbocycles. The fourth-order valence-corrected chi connectivity index (χ4v) is 5.11. The lowest BCUT2D eigenvalue weighted by Crippen LogP contribution is -2.53. The van der Waals surface area contributed by atoms with Crippen LogP contribution >= 0.6 is 0 Å². The molecule has 2 aromatic rings. The lowest BCUT2D eigenvalue weighted by molar-refractivity contribution is 0.0695. The van der Waals surface area contributed by atoms with Crippen LogP contribution in [0.4, 0.5) is 10.1 Å². The van der Waals surface area contributed by atoms with Crippen molar-refractivity contribution in [3.05, 3.63) is 39.9 Å². The molecule has 3 aliphatic rings. The Hall–Kier alpha value is -2.41. The van der Waals surface area contributed by atoms with Crippen LogP contribution in [0.5, 0.6) is 0 Å². The minimum atomic E-state index is -1.27. The van der Waals surface area contributed by atoms with Crippen molar-refractivity contribution in [3.8, 4) is 0 Å². The van der Waals surface area contributed by atoms with E-state index < -0.39 is 17.2 Å². The number of fused-ring (bicyclic) bond motifs is 3. The van der Waals surface area contributed by atoms with Crippen LogP contribution in [-0.2, 0) is 0 Å². The first-order valence-electron chi connectivity index (χ1n) is 10.1. The Morgan fingerprint density at radius 1 is 1.14 bits per heavy atom. The van der Waals surface area contributed by atoms with Crippen LogP contribution in [0.2, 0.25) is 0 Å². The number of piperazine rings is 1. The number of anilines is 1. The first kappa shape index (κ1) is 17.7. The minimum Gasteiger partial charge on any atom is -0.477 e. The Morgan fingerprint density at radius 3 is 2.36 bits per heavy atom. The van der Waals surface area contributed by atoms with E-state index in [2.05, 4.69) is 16.7 Å². The molecule has 1 aromatic heterocycles. The van der Waals surface area contributed by atoms with Crippen molar-refractivity contribution in [2.75, 3.05) is 24.5 Å². The molecular weight excluding hydrogens is 361 g/mol. The van der Waals surface area contributed by atoms with Gasteiger partial charge in [0.2, 0.25) is 5.43 Å². The molecule has 5 rings (SSSR count). The van der Waals surface area contributed by atoms with E-state index in [0.29, 0.717) is 23.3 Å². The number of aromatic nitrogens is 1. The molecule has 2 unspecified atom stereocenters. The van der Waals surface area contributed by atoms with E-state index in [1.165, 1.54) is 12.3 Å². The maximum Gasteiger partial charge on any atom is 0.341 e. The Morgan fingerprint density at radius 2 is 1.79 bits per heavy atom. The number of aromatic carboxylic acids is 1. The normalized spacial score (nSPS) is 24.9. The predicted octanol–water partition coefficient (Wildman–Crippen LogP) is 2.85. The van der Waals surface area contributed by atoms with E-state index in [1.807, 2.05) is 4.57 Å². The largest absolute Gasteiger partial charge is 0.477 e. The van der Waals surface area contributed by atoms with Crippen molar-refractivity contribution in [3.63, 3.8) is 0 Å². The third kappa shape index (κ3) is 2.64. The van der Waals surface area contributed by atoms with Crippen LogP contribution in [0.15, 0.2) is 23.1 Å². The Labute approximate surface area is 162 Å². The number of pyridine rings is 1. The molecule has 3 fully saturated rings. The van der Waals surface area contributed by atoms with Gasteiger partial charge in [0.15, 0.2) is 0 Å². The second kappa shape index (κ2) is 6.30. The van der Waals surface area contributed by atoms with E-state index in [4.69, 9.17) is 0 Å². The van der Waals surface area contributed by atoms with Crippen LogP contribution in [-0.4, -0.2) is 52.3 Å². The molecule has 2 saturated heterocycles. The van der Waals surface area contributed by atoms with Crippen LogP contribution in [0.3, 0.4) is 0 Å². The first-order chi connectivity index (χ1) is 13.5. The van der Waals surface area contributed by atoms with Crippen molar-refractivity contribution in [2.45, 2.75) is 50.7 Å². The number of benzene rings is 1. The summed E-state index contributed by atoms with van der Waals surface area (Å²) in [7, 11) is 0. The van der Waals surface area contributed by atoms with Gasteiger partial charge in [-0.2, -0.15) is 0 Å². The van der Waals surface area contributed by atoms with E-state index in [0.717, 1.165) is 45.3 Å². The smallest absolute Gasteiger partial charge is 0.341 e. The van der Waals surface area contributed by atoms with Gasteiger partial charge in [-0.3, -0.25) is 9.69 Å². The lowest BCUT2D eigenvalue weighted by atomic mass is 10.1. The Kier molecular flexibility index (Phi) is 3.98. The molecule has 2 atom stereocenters. The maximum absolute atomic E-state index is 15.1. The standard InChI is InChI=1S/C21H24FN3O3/c1-2-24-13-5-6-14(24)10-23(9-13)19-8-18-15(7-17(19)22)20(26)16(21(27)28)11-25(18)12-3-4-12/h7-8,11-14H,2-6,9-10H2,1H3,(H,27,28). The van der Waals surface area contributed by atoms with Gasteiger partial charge in [0.05, 0.1) is 11.2 Å². The minimum absolute atomic E-state index is 0.156. The van der Waals surface area contributed by atoms with Gasteiger partial charge in [-0.05, 0) is 44.4 Å². The van der Waals surface area contributed by atoms with Gasteiger partial charge in [0.1, 0.15) is 11.4 Å². The number of rotatable bonds is 4. The molecule has 2 aliphatic heterocycles. The highest BCUT2D eigenvalue weighted by Crippen LogP contribution is 2.39. The molecule has 1 saturated carbocycles. The second-order valence-electron chi connectivity index (χ2n) is 8.26. The number of carbonyl (C=O) groups is 1. The molecule has 2 bridgehead atoms. The SMILES string of the molecule is CCN1C2CCC1CN(c1cc3c(cc1F)c(=O)c(C(=O)O)cn3C1CC1)C2. The number of carboxylic acid groups (broad SMARTS) is 1. The molecule has 0 amide bonds. The van der Waals surface area contributed by atoms with Gasteiger partial charge in [0.25, 0.3) is 0 Å². The van der Waals surface area contributed by atoms with Crippen molar-refractivity contribution in [1.82, 2.24) is 9.47 Å². The lowest BCUT2D eigenvalue weighted by Gasteiger charge is -2.41. The van der Waals surface area contributed by atoms with Crippen molar-refractivity contribution >= 4 is 22.6 Å². The molecular formula is C21H24FN3O3. The number of likely N-dealkylation sites (N-methyl/N-ethyl adjacent to an activating group) is 1. The van der Waals surface area contributed by atoms with Gasteiger partial charge in [0, 0.05) is 42.8 Å². The molecule has 0 spiro atoms. The highest BCUT2D eigenvalue weighted by Gasteiger charge is 2.39. The van der Waals surface area contributed by atoms with E-state index in [-0.39, 0.29) is 17.0 Å². The summed E-state index contributed by atoms with van der Waals surface area (Å²) in [5.41, 5.74) is 0.262. The predicted molar refractivity (Wildman–Crippen MR) is 105 cm³/mol. The van der Waals surface area contributed by atoms with Crippen molar-refractivity contribution < 1.29 is 14.3 Å². The number of carboxylic acids is 1. The third-order valence-corrected chi connectivity index (χ3v) is 6.61. The molecule has 1 N–H and O–H groups in total. The van der Waals surface area contributed by atoms with Gasteiger partial charge in [-0.15, -0.1) is 0 Å². The summed E-state index contributed by atoms with van der Waals surface area (Å²) in [4.78, 5) is 28.7. The zero-order chi connectivity index (χ0) is 19.6. The molecule has 148 valence electrons. The first-order valence-corrected chi connectivity index (χ1v) is 10.1. The molecule has 28 heavy (non-hydrogen) atoms. The molecule has 7 heteroatoms. The zero-order valence-electron chi connectivity index (χ0n) is 15.9. The third-order valence-electron chi connectivity index (χ3n) is 6.61. The van der Waals surface area contributed by atoms with Crippen LogP contribution in [0.25, 0.3) is 10.9 Å². The topological polar surface area (TPSA) is 65.8 Å². The average molecular weight is 385 g/mol. The summed E-state index contributed by atoms with van der Waals surface area (Å²) in [5, 5.41) is 9.53. The van der Waals surface area contributed by atoms with Gasteiger partial charge in [-0.25, -0.2) is 9.18 Å². The summed E-state index contributed by atoms with van der Waals surface area (Å²) in [5.74, 6) is -1.71. The van der Waals surface area contributed by atoms with Gasteiger partial charge in [-0.1, -0.05) is 6.92 Å². The second-order valence-corrected chi connectivity index (χ2v) is 8.26. The zero-order valence-corrected chi connectivity index (χ0v) is 15.9. The van der Waals surface area contributed by atoms with Crippen LogP contribution in [0, 0.1) is 5.82 Å². The number of hydrogen-bond donors (Lipinski definition) is 1. The number of nitrogens with zero attached hydrogens (tertiary/aromatic N) is 3. The summed E-state index contributed by atoms with van der Waals surface area (Å²) < 4.78 is 16.9. The quantitative estimate of drug-likeness (QED) is 0.877. The monoisotopic (exact) mass is 385 g/mol. The molecule has 6 nitrogen and oxygen atoms in total. The average Bonchev–Trinajstić information content (AvgIpc) is 3.47. The summed E-state index contributed by atoms with van der Waals surface area (Å²) in [6.45, 7) is 4.76. The van der Waals surface area contributed by atoms with E-state index in [1.54, 1.807) is 6.07 Å². The number of halogens is 1. The van der Waals surface area contributed by atoms with Crippen molar-refractivity contribution in [2.24, 2.45) is 0 Å². The van der Waals surface area contributed by atoms with Gasteiger partial charge >= 0.3 is 5.97 Å². The Bertz CT molecular complexity index is 1020. The highest BCUT2D eigenvalue weighted by atomic mass is 19.1. The molecule has 0 radical (unpaired) electrons. The maximum atomic E-state index is 15.1.